The molecule has 1 saturated heterocycles. The Morgan fingerprint density at radius 3 is 2.87 bits per heavy atom. The van der Waals surface area contributed by atoms with E-state index in [9.17, 15) is 9.59 Å². The number of aryl methyl sites for hydroxylation is 1. The fraction of sp³-hybridized carbons (Fsp3) is 0.235. The monoisotopic (exact) mass is 329 g/mol. The van der Waals surface area contributed by atoms with Crippen molar-refractivity contribution in [3.05, 3.63) is 53.2 Å². The number of benzene rings is 1. The first kappa shape index (κ1) is 15.5. The van der Waals surface area contributed by atoms with Crippen molar-refractivity contribution in [2.24, 2.45) is 5.92 Å². The molecule has 23 heavy (non-hydrogen) atoms. The molecule has 0 spiro atoms. The maximum Gasteiger partial charge on any atom is 0.230 e. The molecule has 2 aromatic rings. The average Bonchev–Trinajstić information content (AvgIpc) is 2.93. The van der Waals surface area contributed by atoms with Crippen LogP contribution in [-0.2, 0) is 9.59 Å². The standard InChI is InChI=1S/C17H16ClN3O2/c1-11-5-6-13(9-14(11)18)21-10-12(8-16(21)22)17(23)20-15-4-2-3-7-19-15/h2-7,9,12H,8,10H2,1H3,(H,19,20,23)/t12-/m1/s1. The van der Waals surface area contributed by atoms with Crippen LogP contribution in [0.1, 0.15) is 12.0 Å². The van der Waals surface area contributed by atoms with E-state index in [1.807, 2.05) is 19.1 Å². The van der Waals surface area contributed by atoms with Gasteiger partial charge < -0.3 is 10.2 Å². The zero-order valence-electron chi connectivity index (χ0n) is 12.6. The topological polar surface area (TPSA) is 62.3 Å². The lowest BCUT2D eigenvalue weighted by molar-refractivity contribution is -0.122. The smallest absolute Gasteiger partial charge is 0.230 e. The second-order valence-electron chi connectivity index (χ2n) is 5.54. The number of nitrogens with zero attached hydrogens (tertiary/aromatic N) is 2. The van der Waals surface area contributed by atoms with Crippen LogP contribution in [0.3, 0.4) is 0 Å². The van der Waals surface area contributed by atoms with Gasteiger partial charge in [0.15, 0.2) is 0 Å². The molecule has 0 unspecified atom stereocenters. The number of amides is 2. The molecule has 0 saturated carbocycles. The molecule has 5 nitrogen and oxygen atoms in total. The van der Waals surface area contributed by atoms with Gasteiger partial charge in [0.1, 0.15) is 5.82 Å². The molecule has 118 valence electrons. The summed E-state index contributed by atoms with van der Waals surface area (Å²) in [5.74, 6) is -0.185. The quantitative estimate of drug-likeness (QED) is 0.941. The summed E-state index contributed by atoms with van der Waals surface area (Å²) in [4.78, 5) is 30.2. The summed E-state index contributed by atoms with van der Waals surface area (Å²) in [5.41, 5.74) is 1.67. The van der Waals surface area contributed by atoms with Gasteiger partial charge >= 0.3 is 0 Å². The Balaban J connectivity index is 1.71. The molecule has 1 N–H and O–H groups in total. The van der Waals surface area contributed by atoms with Gasteiger partial charge in [0.2, 0.25) is 11.8 Å². The molecular weight excluding hydrogens is 314 g/mol. The number of aromatic nitrogens is 1. The number of rotatable bonds is 3. The van der Waals surface area contributed by atoms with Crippen molar-refractivity contribution < 1.29 is 9.59 Å². The molecule has 3 rings (SSSR count). The van der Waals surface area contributed by atoms with Gasteiger partial charge in [-0.3, -0.25) is 9.59 Å². The van der Waals surface area contributed by atoms with E-state index in [1.165, 1.54) is 0 Å². The zero-order valence-corrected chi connectivity index (χ0v) is 13.4. The summed E-state index contributed by atoms with van der Waals surface area (Å²) in [7, 11) is 0. The maximum atomic E-state index is 12.3. The highest BCUT2D eigenvalue weighted by atomic mass is 35.5. The molecule has 1 aromatic carbocycles. The molecular formula is C17H16ClN3O2. The van der Waals surface area contributed by atoms with Gasteiger partial charge in [-0.1, -0.05) is 23.7 Å². The minimum Gasteiger partial charge on any atom is -0.312 e. The number of hydrogen-bond donors (Lipinski definition) is 1. The van der Waals surface area contributed by atoms with E-state index in [2.05, 4.69) is 10.3 Å². The summed E-state index contributed by atoms with van der Waals surface area (Å²) >= 11 is 6.12. The van der Waals surface area contributed by atoms with E-state index in [1.54, 1.807) is 35.4 Å². The Labute approximate surface area is 139 Å². The number of carbonyl (C=O) groups excluding carboxylic acids is 2. The van der Waals surface area contributed by atoms with E-state index >= 15 is 0 Å². The van der Waals surface area contributed by atoms with Crippen LogP contribution in [0.25, 0.3) is 0 Å². The molecule has 0 aliphatic carbocycles. The van der Waals surface area contributed by atoms with Crippen molar-refractivity contribution in [1.82, 2.24) is 4.98 Å². The first-order valence-corrected chi connectivity index (χ1v) is 7.71. The summed E-state index contributed by atoms with van der Waals surface area (Å²) in [6.07, 6.45) is 1.79. The Bertz CT molecular complexity index is 749. The van der Waals surface area contributed by atoms with Crippen molar-refractivity contribution in [2.45, 2.75) is 13.3 Å². The first-order chi connectivity index (χ1) is 11.0. The van der Waals surface area contributed by atoms with Gasteiger partial charge in [-0.05, 0) is 36.8 Å². The van der Waals surface area contributed by atoms with E-state index in [0.717, 1.165) is 11.3 Å². The lowest BCUT2D eigenvalue weighted by atomic mass is 10.1. The van der Waals surface area contributed by atoms with Crippen molar-refractivity contribution in [3.8, 4) is 0 Å². The highest BCUT2D eigenvalue weighted by molar-refractivity contribution is 6.31. The fourth-order valence-electron chi connectivity index (χ4n) is 2.55. The highest BCUT2D eigenvalue weighted by Crippen LogP contribution is 2.29. The Morgan fingerprint density at radius 2 is 2.17 bits per heavy atom. The SMILES string of the molecule is Cc1ccc(N2C[C@H](C(=O)Nc3ccccn3)CC2=O)cc1Cl. The van der Waals surface area contributed by atoms with Crippen LogP contribution in [0.15, 0.2) is 42.6 Å². The van der Waals surface area contributed by atoms with Crippen molar-refractivity contribution in [2.75, 3.05) is 16.8 Å². The summed E-state index contributed by atoms with van der Waals surface area (Å²) in [6, 6.07) is 10.8. The Kier molecular flexibility index (Phi) is 4.30. The van der Waals surface area contributed by atoms with Crippen LogP contribution in [0, 0.1) is 12.8 Å². The molecule has 1 aliphatic heterocycles. The number of hydrogen-bond acceptors (Lipinski definition) is 3. The molecule has 1 atom stereocenters. The van der Waals surface area contributed by atoms with Gasteiger partial charge in [-0.15, -0.1) is 0 Å². The predicted molar refractivity (Wildman–Crippen MR) is 89.5 cm³/mol. The number of halogens is 1. The van der Waals surface area contributed by atoms with Gasteiger partial charge in [0, 0.05) is 29.9 Å². The molecule has 0 bridgehead atoms. The minimum atomic E-state index is -0.399. The first-order valence-electron chi connectivity index (χ1n) is 7.33. The van der Waals surface area contributed by atoms with Crippen LogP contribution in [-0.4, -0.2) is 23.3 Å². The van der Waals surface area contributed by atoms with Gasteiger partial charge in [-0.2, -0.15) is 0 Å². The summed E-state index contributed by atoms with van der Waals surface area (Å²) in [5, 5.41) is 3.35. The van der Waals surface area contributed by atoms with Crippen LogP contribution in [0.5, 0.6) is 0 Å². The van der Waals surface area contributed by atoms with E-state index in [0.29, 0.717) is 17.4 Å². The van der Waals surface area contributed by atoms with Crippen molar-refractivity contribution in [3.63, 3.8) is 0 Å². The normalized spacial score (nSPS) is 17.4. The van der Waals surface area contributed by atoms with Crippen LogP contribution in [0.2, 0.25) is 5.02 Å². The minimum absolute atomic E-state index is 0.0777. The maximum absolute atomic E-state index is 12.3. The molecule has 2 heterocycles. The number of nitrogens with one attached hydrogen (secondary N) is 1. The molecule has 1 aliphatic rings. The lowest BCUT2D eigenvalue weighted by Crippen LogP contribution is -2.28. The molecule has 1 aromatic heterocycles. The third-order valence-corrected chi connectivity index (χ3v) is 4.29. The number of anilines is 2. The van der Waals surface area contributed by atoms with Crippen LogP contribution >= 0.6 is 11.6 Å². The lowest BCUT2D eigenvalue weighted by Gasteiger charge is -2.17. The summed E-state index contributed by atoms with van der Waals surface area (Å²) < 4.78 is 0. The second-order valence-corrected chi connectivity index (χ2v) is 5.95. The number of carbonyl (C=O) groups is 2. The predicted octanol–water partition coefficient (Wildman–Crippen LogP) is 3.04. The fourth-order valence-corrected chi connectivity index (χ4v) is 2.72. The summed E-state index contributed by atoms with van der Waals surface area (Å²) in [6.45, 7) is 2.25. The highest BCUT2D eigenvalue weighted by Gasteiger charge is 2.35. The van der Waals surface area contributed by atoms with Crippen LogP contribution in [0.4, 0.5) is 11.5 Å². The number of pyridine rings is 1. The van der Waals surface area contributed by atoms with E-state index in [4.69, 9.17) is 11.6 Å². The van der Waals surface area contributed by atoms with E-state index < -0.39 is 5.92 Å². The third kappa shape index (κ3) is 3.35. The van der Waals surface area contributed by atoms with E-state index in [-0.39, 0.29) is 18.2 Å². The Morgan fingerprint density at radius 1 is 1.35 bits per heavy atom. The molecule has 6 heteroatoms. The molecule has 2 amide bonds. The Hall–Kier alpha value is -2.40. The second kappa shape index (κ2) is 6.38. The van der Waals surface area contributed by atoms with Gasteiger partial charge in [0.25, 0.3) is 0 Å². The van der Waals surface area contributed by atoms with Crippen LogP contribution < -0.4 is 10.2 Å². The molecule has 0 radical (unpaired) electrons. The van der Waals surface area contributed by atoms with Gasteiger partial charge in [-0.25, -0.2) is 4.98 Å². The zero-order chi connectivity index (χ0) is 16.4. The molecule has 1 fully saturated rings. The van der Waals surface area contributed by atoms with Crippen molar-refractivity contribution in [1.29, 1.82) is 0 Å². The largest absolute Gasteiger partial charge is 0.312 e. The van der Waals surface area contributed by atoms with Gasteiger partial charge in [0.05, 0.1) is 5.92 Å². The average molecular weight is 330 g/mol. The van der Waals surface area contributed by atoms with Crippen molar-refractivity contribution >= 4 is 34.9 Å². The third-order valence-electron chi connectivity index (χ3n) is 3.88.